The predicted octanol–water partition coefficient (Wildman–Crippen LogP) is 2.91. The number of sulfonamides is 1. The van der Waals surface area contributed by atoms with E-state index in [-0.39, 0.29) is 11.9 Å². The average molecular weight is 360 g/mol. The molecule has 3 rings (SSSR count). The largest absolute Gasteiger partial charge is 0.356 e. The minimum absolute atomic E-state index is 0.0583. The molecule has 5 nitrogen and oxygen atoms in total. The summed E-state index contributed by atoms with van der Waals surface area (Å²) in [5.41, 5.74) is 0. The van der Waals surface area contributed by atoms with E-state index in [4.69, 9.17) is 0 Å². The summed E-state index contributed by atoms with van der Waals surface area (Å²) in [5, 5.41) is 4.72. The van der Waals surface area contributed by atoms with Crippen LogP contribution in [0, 0.1) is 0 Å². The van der Waals surface area contributed by atoms with Crippen molar-refractivity contribution in [3.05, 3.63) is 42.5 Å². The maximum Gasteiger partial charge on any atom is 0.243 e. The SMILES string of the molecule is CC(=O)NCCC1CCCCN1S(=O)(=O)c1ccc2ccccc2c1. The van der Waals surface area contributed by atoms with Crippen molar-refractivity contribution < 1.29 is 13.2 Å². The summed E-state index contributed by atoms with van der Waals surface area (Å²) in [6.45, 7) is 2.52. The number of benzene rings is 2. The van der Waals surface area contributed by atoms with Gasteiger partial charge in [0.1, 0.15) is 0 Å². The molecule has 0 aromatic heterocycles. The first kappa shape index (κ1) is 17.9. The first-order valence-corrected chi connectivity index (χ1v) is 10.2. The molecular weight excluding hydrogens is 336 g/mol. The molecule has 1 saturated heterocycles. The summed E-state index contributed by atoms with van der Waals surface area (Å²) in [5.74, 6) is -0.0836. The second-order valence-electron chi connectivity index (χ2n) is 6.55. The highest BCUT2D eigenvalue weighted by Crippen LogP contribution is 2.28. The molecular formula is C19H24N2O3S. The van der Waals surface area contributed by atoms with Gasteiger partial charge in [-0.25, -0.2) is 8.42 Å². The van der Waals surface area contributed by atoms with E-state index >= 15 is 0 Å². The quantitative estimate of drug-likeness (QED) is 0.891. The third-order valence-corrected chi connectivity index (χ3v) is 6.70. The van der Waals surface area contributed by atoms with E-state index < -0.39 is 10.0 Å². The van der Waals surface area contributed by atoms with Gasteiger partial charge in [-0.2, -0.15) is 4.31 Å². The van der Waals surface area contributed by atoms with Gasteiger partial charge >= 0.3 is 0 Å². The van der Waals surface area contributed by atoms with E-state index in [1.54, 1.807) is 16.4 Å². The molecule has 0 spiro atoms. The summed E-state index contributed by atoms with van der Waals surface area (Å²) in [4.78, 5) is 11.4. The van der Waals surface area contributed by atoms with E-state index in [1.807, 2.05) is 30.3 Å². The molecule has 1 atom stereocenters. The number of carbonyl (C=O) groups excluding carboxylic acids is 1. The Morgan fingerprint density at radius 1 is 1.16 bits per heavy atom. The van der Waals surface area contributed by atoms with Gasteiger partial charge in [0, 0.05) is 26.1 Å². The minimum Gasteiger partial charge on any atom is -0.356 e. The number of carbonyl (C=O) groups is 1. The molecule has 2 aromatic carbocycles. The van der Waals surface area contributed by atoms with Crippen molar-refractivity contribution in [2.24, 2.45) is 0 Å². The Balaban J connectivity index is 1.85. The third kappa shape index (κ3) is 4.02. The van der Waals surface area contributed by atoms with Gasteiger partial charge in [-0.3, -0.25) is 4.79 Å². The van der Waals surface area contributed by atoms with Crippen LogP contribution in [0.4, 0.5) is 0 Å². The molecule has 0 saturated carbocycles. The molecule has 1 unspecified atom stereocenters. The number of hydrogen-bond donors (Lipinski definition) is 1. The molecule has 25 heavy (non-hydrogen) atoms. The van der Waals surface area contributed by atoms with Crippen LogP contribution in [-0.2, 0) is 14.8 Å². The van der Waals surface area contributed by atoms with Crippen molar-refractivity contribution >= 4 is 26.7 Å². The van der Waals surface area contributed by atoms with E-state index in [0.29, 0.717) is 24.4 Å². The Morgan fingerprint density at radius 2 is 1.92 bits per heavy atom. The van der Waals surface area contributed by atoms with E-state index in [1.165, 1.54) is 6.92 Å². The second kappa shape index (κ2) is 7.54. The first-order chi connectivity index (χ1) is 12.0. The summed E-state index contributed by atoms with van der Waals surface area (Å²) in [6.07, 6.45) is 3.39. The van der Waals surface area contributed by atoms with Crippen molar-refractivity contribution in [3.8, 4) is 0 Å². The molecule has 1 aliphatic heterocycles. The van der Waals surface area contributed by atoms with Crippen LogP contribution in [-0.4, -0.2) is 37.8 Å². The Morgan fingerprint density at radius 3 is 2.68 bits per heavy atom. The molecule has 1 amide bonds. The molecule has 6 heteroatoms. The fraction of sp³-hybridized carbons (Fsp3) is 0.421. The molecule has 0 radical (unpaired) electrons. The van der Waals surface area contributed by atoms with Crippen LogP contribution in [0.25, 0.3) is 10.8 Å². The van der Waals surface area contributed by atoms with Crippen molar-refractivity contribution in [2.45, 2.75) is 43.5 Å². The number of rotatable bonds is 5. The van der Waals surface area contributed by atoms with Crippen LogP contribution >= 0.6 is 0 Å². The summed E-state index contributed by atoms with van der Waals surface area (Å²) in [6, 6.07) is 13.0. The van der Waals surface area contributed by atoms with Gasteiger partial charge in [0.25, 0.3) is 0 Å². The van der Waals surface area contributed by atoms with Crippen LogP contribution in [0.1, 0.15) is 32.6 Å². The third-order valence-electron chi connectivity index (χ3n) is 4.75. The number of amides is 1. The smallest absolute Gasteiger partial charge is 0.243 e. The first-order valence-electron chi connectivity index (χ1n) is 8.73. The normalized spacial score (nSPS) is 19.0. The molecule has 0 aliphatic carbocycles. The van der Waals surface area contributed by atoms with Crippen molar-refractivity contribution in [3.63, 3.8) is 0 Å². The van der Waals surface area contributed by atoms with Crippen LogP contribution in [0.2, 0.25) is 0 Å². The minimum atomic E-state index is -3.53. The van der Waals surface area contributed by atoms with E-state index in [2.05, 4.69) is 5.32 Å². The van der Waals surface area contributed by atoms with Gasteiger partial charge in [-0.15, -0.1) is 0 Å². The lowest BCUT2D eigenvalue weighted by atomic mass is 10.0. The summed E-state index contributed by atoms with van der Waals surface area (Å²) in [7, 11) is -3.53. The van der Waals surface area contributed by atoms with Gasteiger partial charge in [0.15, 0.2) is 0 Å². The zero-order chi connectivity index (χ0) is 17.9. The lowest BCUT2D eigenvalue weighted by Crippen LogP contribution is -2.45. The highest BCUT2D eigenvalue weighted by atomic mass is 32.2. The number of fused-ring (bicyclic) bond motifs is 1. The molecule has 1 aliphatic rings. The van der Waals surface area contributed by atoms with Gasteiger partial charge in [-0.05, 0) is 42.2 Å². The molecule has 1 heterocycles. The number of hydrogen-bond acceptors (Lipinski definition) is 3. The monoisotopic (exact) mass is 360 g/mol. The molecule has 0 bridgehead atoms. The summed E-state index contributed by atoms with van der Waals surface area (Å²) < 4.78 is 28.0. The zero-order valence-electron chi connectivity index (χ0n) is 14.4. The molecule has 2 aromatic rings. The number of nitrogens with one attached hydrogen (secondary N) is 1. The van der Waals surface area contributed by atoms with E-state index in [9.17, 15) is 13.2 Å². The lowest BCUT2D eigenvalue weighted by molar-refractivity contribution is -0.119. The zero-order valence-corrected chi connectivity index (χ0v) is 15.3. The molecule has 1 fully saturated rings. The predicted molar refractivity (Wildman–Crippen MR) is 98.8 cm³/mol. The van der Waals surface area contributed by atoms with Crippen molar-refractivity contribution in [1.82, 2.24) is 9.62 Å². The highest BCUT2D eigenvalue weighted by molar-refractivity contribution is 7.89. The van der Waals surface area contributed by atoms with Crippen molar-refractivity contribution in [1.29, 1.82) is 0 Å². The molecule has 134 valence electrons. The summed E-state index contributed by atoms with van der Waals surface area (Å²) >= 11 is 0. The van der Waals surface area contributed by atoms with Crippen LogP contribution in [0.15, 0.2) is 47.4 Å². The second-order valence-corrected chi connectivity index (χ2v) is 8.44. The Labute approximate surface area is 149 Å². The van der Waals surface area contributed by atoms with Gasteiger partial charge in [-0.1, -0.05) is 36.8 Å². The fourth-order valence-corrected chi connectivity index (χ4v) is 5.22. The van der Waals surface area contributed by atoms with Crippen LogP contribution in [0.3, 0.4) is 0 Å². The van der Waals surface area contributed by atoms with Crippen molar-refractivity contribution in [2.75, 3.05) is 13.1 Å². The topological polar surface area (TPSA) is 66.5 Å². The average Bonchev–Trinajstić information content (AvgIpc) is 2.61. The standard InChI is InChI=1S/C19H24N2O3S/c1-15(22)20-12-11-18-8-4-5-13-21(18)25(23,24)19-10-9-16-6-2-3-7-17(16)14-19/h2-3,6-7,9-10,14,18H,4-5,8,11-13H2,1H3,(H,20,22). The highest BCUT2D eigenvalue weighted by Gasteiger charge is 2.33. The Hall–Kier alpha value is -1.92. The van der Waals surface area contributed by atoms with Crippen LogP contribution < -0.4 is 5.32 Å². The number of piperidine rings is 1. The Bertz CT molecular complexity index is 864. The van der Waals surface area contributed by atoms with Gasteiger partial charge in [0.05, 0.1) is 4.90 Å². The Kier molecular flexibility index (Phi) is 5.39. The van der Waals surface area contributed by atoms with Crippen LogP contribution in [0.5, 0.6) is 0 Å². The fourth-order valence-electron chi connectivity index (χ4n) is 3.46. The number of nitrogens with zero attached hydrogens (tertiary/aromatic N) is 1. The lowest BCUT2D eigenvalue weighted by Gasteiger charge is -2.34. The van der Waals surface area contributed by atoms with E-state index in [0.717, 1.165) is 30.0 Å². The molecule has 1 N–H and O–H groups in total. The maximum atomic E-state index is 13.2. The van der Waals surface area contributed by atoms with Gasteiger partial charge in [0.2, 0.25) is 15.9 Å². The maximum absolute atomic E-state index is 13.2. The van der Waals surface area contributed by atoms with Gasteiger partial charge < -0.3 is 5.32 Å².